The maximum Gasteiger partial charge on any atom is 0.343 e. The lowest BCUT2D eigenvalue weighted by Crippen LogP contribution is -2.22. The van der Waals surface area contributed by atoms with E-state index >= 15 is 0 Å². The third-order valence-electron chi connectivity index (χ3n) is 6.89. The van der Waals surface area contributed by atoms with Gasteiger partial charge in [-0.1, -0.05) is 97.1 Å². The van der Waals surface area contributed by atoms with E-state index < -0.39 is 57.4 Å². The molecule has 4 aromatic rings. The number of esters is 2. The SMILES string of the molecule is CCCCCCCOC(=O)c1c(C(=O)c2ccccc2)c(O)c(O)c(OC(=O)c2ccccc2)c1C(=O)c1ccc(Br)cc1. The van der Waals surface area contributed by atoms with Gasteiger partial charge in [0.05, 0.1) is 28.9 Å². The zero-order chi connectivity index (χ0) is 31.6. The van der Waals surface area contributed by atoms with Crippen LogP contribution in [0.5, 0.6) is 17.2 Å². The lowest BCUT2D eigenvalue weighted by Gasteiger charge is -2.20. The summed E-state index contributed by atoms with van der Waals surface area (Å²) in [5.41, 5.74) is -1.65. The highest BCUT2D eigenvalue weighted by atomic mass is 79.9. The molecule has 226 valence electrons. The van der Waals surface area contributed by atoms with Crippen LogP contribution in [0.15, 0.2) is 89.4 Å². The maximum absolute atomic E-state index is 14.1. The summed E-state index contributed by atoms with van der Waals surface area (Å²) in [5.74, 6) is -6.61. The van der Waals surface area contributed by atoms with Gasteiger partial charge in [-0.25, -0.2) is 9.59 Å². The van der Waals surface area contributed by atoms with E-state index in [1.807, 2.05) is 0 Å². The van der Waals surface area contributed by atoms with Gasteiger partial charge in [0.1, 0.15) is 0 Å². The predicted octanol–water partition coefficient (Wildman–Crippen LogP) is 7.67. The van der Waals surface area contributed by atoms with Crippen LogP contribution in [0.2, 0.25) is 0 Å². The number of rotatable bonds is 13. The summed E-state index contributed by atoms with van der Waals surface area (Å²) in [6.45, 7) is 2.06. The van der Waals surface area contributed by atoms with Crippen LogP contribution in [-0.2, 0) is 4.74 Å². The molecule has 0 bridgehead atoms. The number of hydrogen-bond acceptors (Lipinski definition) is 8. The molecule has 4 rings (SSSR count). The zero-order valence-electron chi connectivity index (χ0n) is 24.0. The summed E-state index contributed by atoms with van der Waals surface area (Å²) in [4.78, 5) is 54.9. The van der Waals surface area contributed by atoms with Crippen LogP contribution >= 0.6 is 15.9 Å². The molecule has 9 heteroatoms. The topological polar surface area (TPSA) is 127 Å². The number of unbranched alkanes of at least 4 members (excludes halogenated alkanes) is 4. The van der Waals surface area contributed by atoms with Crippen molar-refractivity contribution in [2.24, 2.45) is 0 Å². The van der Waals surface area contributed by atoms with Gasteiger partial charge in [0.15, 0.2) is 23.1 Å². The predicted molar refractivity (Wildman–Crippen MR) is 168 cm³/mol. The van der Waals surface area contributed by atoms with E-state index in [1.54, 1.807) is 48.5 Å². The Balaban J connectivity index is 1.94. The van der Waals surface area contributed by atoms with Crippen LogP contribution in [0.4, 0.5) is 0 Å². The summed E-state index contributed by atoms with van der Waals surface area (Å²) in [7, 11) is 0. The van der Waals surface area contributed by atoms with Crippen LogP contribution in [0.1, 0.15) is 91.6 Å². The van der Waals surface area contributed by atoms with E-state index in [0.717, 1.165) is 25.7 Å². The van der Waals surface area contributed by atoms with Gasteiger partial charge in [-0.15, -0.1) is 0 Å². The van der Waals surface area contributed by atoms with Gasteiger partial charge in [0.2, 0.25) is 5.75 Å². The third kappa shape index (κ3) is 7.41. The Morgan fingerprint density at radius 1 is 0.614 bits per heavy atom. The first-order chi connectivity index (χ1) is 21.2. The van der Waals surface area contributed by atoms with Crippen molar-refractivity contribution in [3.63, 3.8) is 0 Å². The Labute approximate surface area is 263 Å². The molecular formula is C35H31BrO8. The molecule has 0 fully saturated rings. The quantitative estimate of drug-likeness (QED) is 0.0492. The molecule has 0 spiro atoms. The van der Waals surface area contributed by atoms with E-state index in [0.29, 0.717) is 10.9 Å². The number of phenolic OH excluding ortho intramolecular Hbond substituents is 2. The Bertz CT molecular complexity index is 1650. The van der Waals surface area contributed by atoms with E-state index in [1.165, 1.54) is 36.4 Å². The molecule has 0 saturated carbocycles. The highest BCUT2D eigenvalue weighted by Gasteiger charge is 2.37. The molecule has 0 atom stereocenters. The molecule has 0 unspecified atom stereocenters. The van der Waals surface area contributed by atoms with Gasteiger partial charge < -0.3 is 19.7 Å². The Morgan fingerprint density at radius 3 is 1.77 bits per heavy atom. The third-order valence-corrected chi connectivity index (χ3v) is 7.42. The Morgan fingerprint density at radius 2 is 1.16 bits per heavy atom. The summed E-state index contributed by atoms with van der Waals surface area (Å²) < 4.78 is 11.7. The van der Waals surface area contributed by atoms with Gasteiger partial charge in [0.25, 0.3) is 0 Å². The fourth-order valence-electron chi connectivity index (χ4n) is 4.59. The number of phenols is 2. The smallest absolute Gasteiger partial charge is 0.343 e. The summed E-state index contributed by atoms with van der Waals surface area (Å²) in [6, 6.07) is 21.6. The van der Waals surface area contributed by atoms with Gasteiger partial charge in [-0.3, -0.25) is 9.59 Å². The van der Waals surface area contributed by atoms with Crippen molar-refractivity contribution in [3.05, 3.63) is 123 Å². The first-order valence-corrected chi connectivity index (χ1v) is 15.0. The molecule has 0 radical (unpaired) electrons. The average Bonchev–Trinajstić information content (AvgIpc) is 3.05. The molecule has 0 aliphatic carbocycles. The fourth-order valence-corrected chi connectivity index (χ4v) is 4.85. The number of hydrogen-bond donors (Lipinski definition) is 2. The molecule has 8 nitrogen and oxygen atoms in total. The minimum atomic E-state index is -1.09. The number of benzene rings is 4. The normalized spacial score (nSPS) is 10.7. The molecule has 0 aliphatic heterocycles. The summed E-state index contributed by atoms with van der Waals surface area (Å²) >= 11 is 3.32. The van der Waals surface area contributed by atoms with Crippen LogP contribution in [-0.4, -0.2) is 40.3 Å². The van der Waals surface area contributed by atoms with E-state index in [-0.39, 0.29) is 23.3 Å². The van der Waals surface area contributed by atoms with Crippen LogP contribution in [0, 0.1) is 0 Å². The van der Waals surface area contributed by atoms with Crippen LogP contribution in [0.25, 0.3) is 0 Å². The van der Waals surface area contributed by atoms with Crippen molar-refractivity contribution in [2.75, 3.05) is 6.61 Å². The molecule has 4 aromatic carbocycles. The number of aromatic hydroxyl groups is 2. The van der Waals surface area contributed by atoms with Crippen molar-refractivity contribution >= 4 is 39.4 Å². The zero-order valence-corrected chi connectivity index (χ0v) is 25.6. The van der Waals surface area contributed by atoms with Crippen molar-refractivity contribution < 1.29 is 38.9 Å². The standard InChI is InChI=1S/C35H31BrO8/c1-2-3-4-5-12-21-43-35(42)26-27(29(37)22-13-8-6-9-14-22)31(39)32(40)33(44-34(41)24-15-10-7-11-16-24)28(26)30(38)23-17-19-25(36)20-18-23/h6-11,13-20,39-40H,2-5,12,21H2,1H3. The van der Waals surface area contributed by atoms with Gasteiger partial charge in [0, 0.05) is 15.6 Å². The number of carbonyl (C=O) groups excluding carboxylic acids is 4. The van der Waals surface area contributed by atoms with E-state index in [9.17, 15) is 29.4 Å². The molecular weight excluding hydrogens is 628 g/mol. The number of carbonyl (C=O) groups is 4. The molecule has 0 aliphatic rings. The van der Waals surface area contributed by atoms with Gasteiger partial charge in [-0.2, -0.15) is 0 Å². The van der Waals surface area contributed by atoms with Crippen molar-refractivity contribution in [3.8, 4) is 17.2 Å². The number of ketones is 2. The number of ether oxygens (including phenoxy) is 2. The molecule has 0 saturated heterocycles. The lowest BCUT2D eigenvalue weighted by molar-refractivity contribution is 0.0489. The molecule has 0 heterocycles. The van der Waals surface area contributed by atoms with Crippen molar-refractivity contribution in [1.82, 2.24) is 0 Å². The molecule has 2 N–H and O–H groups in total. The monoisotopic (exact) mass is 658 g/mol. The van der Waals surface area contributed by atoms with E-state index in [2.05, 4.69) is 22.9 Å². The Hall–Kier alpha value is -4.76. The first-order valence-electron chi connectivity index (χ1n) is 14.2. The van der Waals surface area contributed by atoms with Crippen molar-refractivity contribution in [2.45, 2.75) is 39.0 Å². The van der Waals surface area contributed by atoms with Gasteiger partial charge >= 0.3 is 11.9 Å². The maximum atomic E-state index is 14.1. The second-order valence-corrected chi connectivity index (χ2v) is 10.9. The Kier molecular flexibility index (Phi) is 11.0. The molecule has 0 aromatic heterocycles. The highest BCUT2D eigenvalue weighted by molar-refractivity contribution is 9.10. The fraction of sp³-hybridized carbons (Fsp3) is 0.200. The summed E-state index contributed by atoms with van der Waals surface area (Å²) in [6.07, 6.45) is 4.33. The lowest BCUT2D eigenvalue weighted by atomic mass is 9.88. The second-order valence-electron chi connectivity index (χ2n) is 9.99. The van der Waals surface area contributed by atoms with Gasteiger partial charge in [-0.05, 0) is 42.8 Å². The number of halogens is 1. The minimum absolute atomic E-state index is 0.0196. The molecule has 0 amide bonds. The van der Waals surface area contributed by atoms with Crippen molar-refractivity contribution in [1.29, 1.82) is 0 Å². The van der Waals surface area contributed by atoms with E-state index in [4.69, 9.17) is 9.47 Å². The summed E-state index contributed by atoms with van der Waals surface area (Å²) in [5, 5.41) is 22.4. The average molecular weight is 660 g/mol. The van der Waals surface area contributed by atoms with Crippen LogP contribution < -0.4 is 4.74 Å². The molecule has 44 heavy (non-hydrogen) atoms. The minimum Gasteiger partial charge on any atom is -0.504 e. The highest BCUT2D eigenvalue weighted by Crippen LogP contribution is 2.46. The second kappa shape index (κ2) is 15.1. The first kappa shape index (κ1) is 32.2. The van der Waals surface area contributed by atoms with Crippen LogP contribution in [0.3, 0.4) is 0 Å². The largest absolute Gasteiger partial charge is 0.504 e.